The minimum absolute atomic E-state index is 0.174. The van der Waals surface area contributed by atoms with Gasteiger partial charge in [0.25, 0.3) is 0 Å². The van der Waals surface area contributed by atoms with Crippen molar-refractivity contribution in [2.24, 2.45) is 5.41 Å². The number of benzene rings is 2. The van der Waals surface area contributed by atoms with Crippen molar-refractivity contribution in [1.29, 1.82) is 0 Å². The van der Waals surface area contributed by atoms with Gasteiger partial charge in [0, 0.05) is 0 Å². The zero-order valence-corrected chi connectivity index (χ0v) is 12.9. The van der Waals surface area contributed by atoms with Crippen molar-refractivity contribution in [2.45, 2.75) is 27.2 Å². The molecule has 2 aromatic carbocycles. The van der Waals surface area contributed by atoms with Crippen LogP contribution in [0.15, 0.2) is 42.5 Å². The summed E-state index contributed by atoms with van der Waals surface area (Å²) in [5.74, 6) is 0.617. The quantitative estimate of drug-likeness (QED) is 0.590. The molecule has 2 aromatic rings. The molecule has 0 saturated carbocycles. The lowest BCUT2D eigenvalue weighted by molar-refractivity contribution is -0.154. The van der Waals surface area contributed by atoms with Gasteiger partial charge in [-0.25, -0.2) is 0 Å². The van der Waals surface area contributed by atoms with Crippen molar-refractivity contribution < 1.29 is 14.3 Å². The number of esters is 1. The first-order valence-electron chi connectivity index (χ1n) is 7.32. The summed E-state index contributed by atoms with van der Waals surface area (Å²) in [6, 6.07) is 14.1. The van der Waals surface area contributed by atoms with Crippen LogP contribution in [0.4, 0.5) is 0 Å². The van der Waals surface area contributed by atoms with E-state index in [1.165, 1.54) is 5.39 Å². The lowest BCUT2D eigenvalue weighted by Crippen LogP contribution is -2.27. The van der Waals surface area contributed by atoms with Crippen LogP contribution in [-0.4, -0.2) is 19.2 Å². The number of rotatable bonds is 6. The third-order valence-corrected chi connectivity index (χ3v) is 3.74. The first kappa shape index (κ1) is 15.4. The summed E-state index contributed by atoms with van der Waals surface area (Å²) in [4.78, 5) is 11.8. The minimum Gasteiger partial charge on any atom is -0.490 e. The van der Waals surface area contributed by atoms with E-state index in [9.17, 15) is 4.79 Å². The van der Waals surface area contributed by atoms with Crippen LogP contribution in [0.2, 0.25) is 0 Å². The van der Waals surface area contributed by atoms with Gasteiger partial charge in [0.15, 0.2) is 0 Å². The molecule has 0 fully saturated rings. The number of hydrogen-bond donors (Lipinski definition) is 0. The topological polar surface area (TPSA) is 35.5 Å². The van der Waals surface area contributed by atoms with E-state index in [1.54, 1.807) is 0 Å². The molecule has 0 N–H and O–H groups in total. The van der Waals surface area contributed by atoms with E-state index in [0.29, 0.717) is 6.61 Å². The van der Waals surface area contributed by atoms with Crippen LogP contribution >= 0.6 is 0 Å². The summed E-state index contributed by atoms with van der Waals surface area (Å²) < 4.78 is 10.9. The average Bonchev–Trinajstić information content (AvgIpc) is 2.51. The molecule has 21 heavy (non-hydrogen) atoms. The molecule has 0 aromatic heterocycles. The van der Waals surface area contributed by atoms with Gasteiger partial charge in [-0.3, -0.25) is 4.79 Å². The number of carbonyl (C=O) groups is 1. The lowest BCUT2D eigenvalue weighted by atomic mass is 9.91. The fraction of sp³-hybridized carbons (Fsp3) is 0.389. The molecule has 0 saturated heterocycles. The van der Waals surface area contributed by atoms with Crippen LogP contribution in [0.5, 0.6) is 5.75 Å². The van der Waals surface area contributed by atoms with Gasteiger partial charge in [0.2, 0.25) is 0 Å². The van der Waals surface area contributed by atoms with Crippen molar-refractivity contribution >= 4 is 16.7 Å². The molecule has 0 aliphatic rings. The van der Waals surface area contributed by atoms with E-state index in [2.05, 4.69) is 6.07 Å². The Bertz CT molecular complexity index is 617. The molecule has 3 nitrogen and oxygen atoms in total. The fourth-order valence-electron chi connectivity index (χ4n) is 1.89. The zero-order chi connectivity index (χ0) is 15.3. The largest absolute Gasteiger partial charge is 0.490 e. The van der Waals surface area contributed by atoms with Crippen LogP contribution in [-0.2, 0) is 9.53 Å². The summed E-state index contributed by atoms with van der Waals surface area (Å²) in [5, 5.41) is 2.32. The average molecular weight is 286 g/mol. The van der Waals surface area contributed by atoms with Crippen molar-refractivity contribution in [3.63, 3.8) is 0 Å². The number of fused-ring (bicyclic) bond motifs is 1. The highest BCUT2D eigenvalue weighted by atomic mass is 16.6. The first-order valence-corrected chi connectivity index (χ1v) is 7.32. The number of carbonyl (C=O) groups excluding carboxylic acids is 1. The molecule has 3 heteroatoms. The van der Waals surface area contributed by atoms with E-state index < -0.39 is 5.41 Å². The summed E-state index contributed by atoms with van der Waals surface area (Å²) in [6.45, 7) is 6.39. The lowest BCUT2D eigenvalue weighted by Gasteiger charge is -2.20. The third-order valence-electron chi connectivity index (χ3n) is 3.74. The SMILES string of the molecule is CCC(C)(C)C(=O)OCCOc1ccc2ccccc2c1. The summed E-state index contributed by atoms with van der Waals surface area (Å²) >= 11 is 0. The van der Waals surface area contributed by atoms with Crippen molar-refractivity contribution in [3.8, 4) is 5.75 Å². The Labute approximate surface area is 125 Å². The molecule has 0 radical (unpaired) electrons. The van der Waals surface area contributed by atoms with Gasteiger partial charge in [-0.1, -0.05) is 37.3 Å². The maximum Gasteiger partial charge on any atom is 0.311 e. The van der Waals surface area contributed by atoms with Gasteiger partial charge in [0.1, 0.15) is 19.0 Å². The highest BCUT2D eigenvalue weighted by molar-refractivity contribution is 5.83. The molecule has 2 rings (SSSR count). The molecule has 0 aliphatic heterocycles. The molecule has 0 bridgehead atoms. The van der Waals surface area contributed by atoms with Gasteiger partial charge < -0.3 is 9.47 Å². The molecule has 0 spiro atoms. The van der Waals surface area contributed by atoms with Gasteiger partial charge in [-0.2, -0.15) is 0 Å². The molecule has 0 atom stereocenters. The Morgan fingerprint density at radius 1 is 1.05 bits per heavy atom. The Morgan fingerprint density at radius 3 is 2.48 bits per heavy atom. The predicted octanol–water partition coefficient (Wildman–Crippen LogP) is 4.20. The summed E-state index contributed by atoms with van der Waals surface area (Å²) in [6.07, 6.45) is 0.761. The molecule has 0 heterocycles. The van der Waals surface area contributed by atoms with E-state index in [1.807, 2.05) is 57.2 Å². The summed E-state index contributed by atoms with van der Waals surface area (Å²) in [7, 11) is 0. The van der Waals surface area contributed by atoms with Crippen LogP contribution in [0.1, 0.15) is 27.2 Å². The first-order chi connectivity index (χ1) is 10.0. The molecule has 0 aliphatic carbocycles. The standard InChI is InChI=1S/C18H22O3/c1-4-18(2,3)17(19)21-12-11-20-16-10-9-14-7-5-6-8-15(14)13-16/h5-10,13H,4,11-12H2,1-3H3. The molecular formula is C18H22O3. The van der Waals surface area contributed by atoms with E-state index >= 15 is 0 Å². The van der Waals surface area contributed by atoms with E-state index in [0.717, 1.165) is 17.6 Å². The van der Waals surface area contributed by atoms with Gasteiger partial charge >= 0.3 is 5.97 Å². The van der Waals surface area contributed by atoms with Crippen molar-refractivity contribution in [1.82, 2.24) is 0 Å². The second-order valence-electron chi connectivity index (χ2n) is 5.73. The Balaban J connectivity index is 1.84. The monoisotopic (exact) mass is 286 g/mol. The molecular weight excluding hydrogens is 264 g/mol. The zero-order valence-electron chi connectivity index (χ0n) is 12.9. The van der Waals surface area contributed by atoms with Crippen LogP contribution in [0.25, 0.3) is 10.8 Å². The molecule has 0 unspecified atom stereocenters. The maximum atomic E-state index is 11.8. The van der Waals surface area contributed by atoms with Gasteiger partial charge in [-0.05, 0) is 43.2 Å². The summed E-state index contributed by atoms with van der Waals surface area (Å²) in [5.41, 5.74) is -0.428. The maximum absolute atomic E-state index is 11.8. The van der Waals surface area contributed by atoms with E-state index in [-0.39, 0.29) is 12.6 Å². The predicted molar refractivity (Wildman–Crippen MR) is 84.5 cm³/mol. The Morgan fingerprint density at radius 2 is 1.76 bits per heavy atom. The highest BCUT2D eigenvalue weighted by Gasteiger charge is 2.26. The number of ether oxygens (including phenoxy) is 2. The molecule has 0 amide bonds. The number of hydrogen-bond acceptors (Lipinski definition) is 3. The van der Waals surface area contributed by atoms with Crippen molar-refractivity contribution in [3.05, 3.63) is 42.5 Å². The van der Waals surface area contributed by atoms with Crippen LogP contribution < -0.4 is 4.74 Å². The fourth-order valence-corrected chi connectivity index (χ4v) is 1.89. The van der Waals surface area contributed by atoms with Gasteiger partial charge in [-0.15, -0.1) is 0 Å². The normalized spacial score (nSPS) is 11.4. The Hall–Kier alpha value is -2.03. The molecule has 112 valence electrons. The van der Waals surface area contributed by atoms with Crippen LogP contribution in [0.3, 0.4) is 0 Å². The van der Waals surface area contributed by atoms with Gasteiger partial charge in [0.05, 0.1) is 5.41 Å². The smallest absolute Gasteiger partial charge is 0.311 e. The third kappa shape index (κ3) is 3.97. The minimum atomic E-state index is -0.428. The second kappa shape index (κ2) is 6.61. The van der Waals surface area contributed by atoms with Crippen LogP contribution in [0, 0.1) is 5.41 Å². The Kier molecular flexibility index (Phi) is 4.84. The second-order valence-corrected chi connectivity index (χ2v) is 5.73. The van der Waals surface area contributed by atoms with E-state index in [4.69, 9.17) is 9.47 Å². The highest BCUT2D eigenvalue weighted by Crippen LogP contribution is 2.22. The van der Waals surface area contributed by atoms with Crippen molar-refractivity contribution in [2.75, 3.05) is 13.2 Å².